The summed E-state index contributed by atoms with van der Waals surface area (Å²) < 4.78 is 0. The average molecular weight is 446 g/mol. The molecule has 0 fully saturated rings. The number of carbonyl (C=O) groups is 1. The van der Waals surface area contributed by atoms with E-state index in [9.17, 15) is 0 Å². The predicted molar refractivity (Wildman–Crippen MR) is 139 cm³/mol. The summed E-state index contributed by atoms with van der Waals surface area (Å²) in [5.74, 6) is 0.971. The largest absolute Gasteiger partial charge is 0.397 e. The van der Waals surface area contributed by atoms with Gasteiger partial charge in [0.2, 0.25) is 0 Å². The van der Waals surface area contributed by atoms with Crippen molar-refractivity contribution in [2.75, 3.05) is 18.6 Å². The molecular formula is C25H49ClNOP. The van der Waals surface area contributed by atoms with Gasteiger partial charge < -0.3 is 10.5 Å². The summed E-state index contributed by atoms with van der Waals surface area (Å²) in [6.45, 7) is 16.7. The minimum Gasteiger partial charge on any atom is -0.397 e. The van der Waals surface area contributed by atoms with Crippen molar-refractivity contribution in [1.82, 2.24) is 0 Å². The maximum atomic E-state index is 8.81. The van der Waals surface area contributed by atoms with Gasteiger partial charge in [0.25, 0.3) is 0 Å². The number of benzene rings is 1. The van der Waals surface area contributed by atoms with E-state index in [2.05, 4.69) is 34.4 Å². The third-order valence-electron chi connectivity index (χ3n) is 4.39. The lowest BCUT2D eigenvalue weighted by Gasteiger charge is -2.08. The summed E-state index contributed by atoms with van der Waals surface area (Å²) in [6.07, 6.45) is 13.5. The van der Waals surface area contributed by atoms with Crippen molar-refractivity contribution < 1.29 is 4.79 Å². The molecule has 0 aliphatic heterocycles. The fourth-order valence-corrected chi connectivity index (χ4v) is 3.46. The van der Waals surface area contributed by atoms with E-state index in [0.29, 0.717) is 10.7 Å². The lowest BCUT2D eigenvalue weighted by Crippen LogP contribution is -1.93. The van der Waals surface area contributed by atoms with Crippen molar-refractivity contribution in [1.29, 1.82) is 0 Å². The van der Waals surface area contributed by atoms with Gasteiger partial charge >= 0.3 is 0 Å². The van der Waals surface area contributed by atoms with E-state index < -0.39 is 0 Å². The zero-order chi connectivity index (χ0) is 23.1. The van der Waals surface area contributed by atoms with Crippen molar-refractivity contribution in [3.05, 3.63) is 28.3 Å². The van der Waals surface area contributed by atoms with Gasteiger partial charge in [0.05, 0.1) is 10.7 Å². The highest BCUT2D eigenvalue weighted by Gasteiger charge is 1.99. The Hall–Kier alpha value is -0.590. The summed E-state index contributed by atoms with van der Waals surface area (Å²) in [7, 11) is 1.16. The van der Waals surface area contributed by atoms with Gasteiger partial charge in [-0.3, -0.25) is 0 Å². The molecule has 0 aliphatic rings. The van der Waals surface area contributed by atoms with Crippen LogP contribution >= 0.6 is 20.2 Å². The number of hydrogen-bond donors (Lipinski definition) is 1. The van der Waals surface area contributed by atoms with Crippen LogP contribution in [-0.4, -0.2) is 19.1 Å². The van der Waals surface area contributed by atoms with Crippen molar-refractivity contribution in [2.24, 2.45) is 5.92 Å². The van der Waals surface area contributed by atoms with Gasteiger partial charge in [-0.05, 0) is 63.1 Å². The summed E-state index contributed by atoms with van der Waals surface area (Å²) in [4.78, 5) is 8.81. The maximum Gasteiger partial charge on any atom is 0.116 e. The molecule has 1 rings (SSSR count). The summed E-state index contributed by atoms with van der Waals surface area (Å²) in [5.41, 5.74) is 8.50. The molecule has 172 valence electrons. The van der Waals surface area contributed by atoms with Gasteiger partial charge in [-0.2, -0.15) is 0 Å². The Balaban J connectivity index is -0.000000356. The van der Waals surface area contributed by atoms with Gasteiger partial charge in [0, 0.05) is 0 Å². The van der Waals surface area contributed by atoms with Crippen LogP contribution in [0.1, 0.15) is 97.1 Å². The van der Waals surface area contributed by atoms with E-state index in [1.807, 2.05) is 26.0 Å². The lowest BCUT2D eigenvalue weighted by atomic mass is 9.99. The van der Waals surface area contributed by atoms with Crippen LogP contribution < -0.4 is 5.73 Å². The van der Waals surface area contributed by atoms with Crippen LogP contribution in [0.2, 0.25) is 5.02 Å². The second kappa shape index (κ2) is 25.4. The number of aldehydes is 1. The number of aryl methyl sites for hydroxylation is 2. The molecular weight excluding hydrogens is 397 g/mol. The van der Waals surface area contributed by atoms with E-state index in [1.54, 1.807) is 0 Å². The van der Waals surface area contributed by atoms with Crippen LogP contribution in [0, 0.1) is 19.8 Å². The number of rotatable bonds is 9. The predicted octanol–water partition coefficient (Wildman–Crippen LogP) is 8.84. The van der Waals surface area contributed by atoms with E-state index in [1.165, 1.54) is 64.5 Å². The lowest BCUT2D eigenvalue weighted by molar-refractivity contribution is -0.106. The Labute approximate surface area is 189 Å². The van der Waals surface area contributed by atoms with Gasteiger partial charge in [-0.1, -0.05) is 90.3 Å². The van der Waals surface area contributed by atoms with Crippen LogP contribution in [0.5, 0.6) is 0 Å². The van der Waals surface area contributed by atoms with Gasteiger partial charge in [0.1, 0.15) is 6.29 Å². The molecule has 2 atom stereocenters. The molecule has 0 aliphatic carbocycles. The molecule has 2 unspecified atom stereocenters. The second-order valence-electron chi connectivity index (χ2n) is 7.56. The molecule has 0 heterocycles. The highest BCUT2D eigenvalue weighted by atomic mass is 35.5. The van der Waals surface area contributed by atoms with Crippen LogP contribution in [0.3, 0.4) is 0 Å². The Kier molecular flexibility index (Phi) is 29.0. The topological polar surface area (TPSA) is 43.1 Å². The summed E-state index contributed by atoms with van der Waals surface area (Å²) in [6, 6.07) is 3.88. The van der Waals surface area contributed by atoms with Crippen LogP contribution in [-0.2, 0) is 4.79 Å². The van der Waals surface area contributed by atoms with Crippen LogP contribution in [0.15, 0.2) is 12.1 Å². The smallest absolute Gasteiger partial charge is 0.116 e. The van der Waals surface area contributed by atoms with Crippen molar-refractivity contribution >= 4 is 32.2 Å². The summed E-state index contributed by atoms with van der Waals surface area (Å²) in [5, 5.41) is 0.650. The molecule has 0 saturated carbocycles. The molecule has 0 aromatic heterocycles. The zero-order valence-electron chi connectivity index (χ0n) is 20.5. The number of halogens is 1. The minimum atomic E-state index is 0.650. The van der Waals surface area contributed by atoms with Crippen LogP contribution in [0.25, 0.3) is 0 Å². The number of hydrogen-bond acceptors (Lipinski definition) is 2. The third-order valence-corrected chi connectivity index (χ3v) is 5.55. The number of nitrogens with two attached hydrogens (primary N) is 1. The fraction of sp³-hybridized carbons (Fsp3) is 0.720. The van der Waals surface area contributed by atoms with Gasteiger partial charge in [-0.25, -0.2) is 0 Å². The van der Waals surface area contributed by atoms with E-state index >= 15 is 0 Å². The number of anilines is 1. The highest BCUT2D eigenvalue weighted by molar-refractivity contribution is 7.36. The average Bonchev–Trinajstić information content (AvgIpc) is 2.67. The van der Waals surface area contributed by atoms with E-state index in [0.717, 1.165) is 31.9 Å². The molecule has 0 bridgehead atoms. The number of carbonyl (C=O) groups excluding carboxylic acids is 1. The van der Waals surface area contributed by atoms with Crippen molar-refractivity contribution in [2.45, 2.75) is 99.8 Å². The molecule has 29 heavy (non-hydrogen) atoms. The third kappa shape index (κ3) is 25.4. The Morgan fingerprint density at radius 2 is 1.59 bits per heavy atom. The highest BCUT2D eigenvalue weighted by Crippen LogP contribution is 2.23. The fourth-order valence-electron chi connectivity index (χ4n) is 2.54. The van der Waals surface area contributed by atoms with Gasteiger partial charge in [0.15, 0.2) is 0 Å². The van der Waals surface area contributed by atoms with Crippen molar-refractivity contribution in [3.63, 3.8) is 0 Å². The molecule has 0 amide bonds. The quantitative estimate of drug-likeness (QED) is 0.178. The minimum absolute atomic E-state index is 0.650. The molecule has 0 spiro atoms. The number of unbranched alkanes of at least 4 members (excludes halogenated alkanes) is 3. The first-order valence-electron chi connectivity index (χ1n) is 11.3. The van der Waals surface area contributed by atoms with E-state index in [4.69, 9.17) is 22.1 Å². The van der Waals surface area contributed by atoms with Crippen LogP contribution in [0.4, 0.5) is 5.69 Å². The molecule has 0 radical (unpaired) electrons. The SMILES string of the molecule is CC=O.CCCC.CCCC(C)CCCCCPC.Cc1cc(C)c(N)c(Cl)c1. The van der Waals surface area contributed by atoms with E-state index in [-0.39, 0.29) is 0 Å². The maximum absolute atomic E-state index is 8.81. The Morgan fingerprint density at radius 3 is 2.00 bits per heavy atom. The van der Waals surface area contributed by atoms with Gasteiger partial charge in [-0.15, -0.1) is 8.58 Å². The Bertz CT molecular complexity index is 455. The molecule has 2 nitrogen and oxygen atoms in total. The number of nitrogen functional groups attached to an aromatic ring is 1. The molecule has 4 heteroatoms. The first-order chi connectivity index (χ1) is 13.7. The standard InChI is InChI=1S/C11H25P.C8H10ClN.C4H10.C2H4O/c1-4-8-11(2)9-6-5-7-10-12-3;1-5-3-6(2)8(10)7(9)4-5;1-3-4-2;1-2-3/h11-12H,4-10H2,1-3H3;3-4H,10H2,1-2H3;3-4H2,1-2H3;2H,1H3. The Morgan fingerprint density at radius 1 is 1.03 bits per heavy atom. The first-order valence-corrected chi connectivity index (χ1v) is 13.4. The van der Waals surface area contributed by atoms with Crippen molar-refractivity contribution in [3.8, 4) is 0 Å². The normalized spacial score (nSPS) is 10.8. The molecule has 1 aromatic rings. The molecule has 0 saturated heterocycles. The molecule has 2 N–H and O–H groups in total. The summed E-state index contributed by atoms with van der Waals surface area (Å²) >= 11 is 5.79. The monoisotopic (exact) mass is 445 g/mol. The zero-order valence-corrected chi connectivity index (χ0v) is 22.3. The molecule has 1 aromatic carbocycles. The second-order valence-corrected chi connectivity index (χ2v) is 9.17. The first kappa shape index (κ1) is 33.1.